The minimum atomic E-state index is -0.870. The third-order valence-corrected chi connectivity index (χ3v) is 2.83. The smallest absolute Gasteiger partial charge is 0.335 e. The quantitative estimate of drug-likeness (QED) is 0.786. The molecule has 0 saturated carbocycles. The number of anilines is 1. The Labute approximate surface area is 94.9 Å². The van der Waals surface area contributed by atoms with Crippen molar-refractivity contribution in [2.45, 2.75) is 13.0 Å². The number of carboxylic acids is 1. The van der Waals surface area contributed by atoms with Crippen LogP contribution in [-0.4, -0.2) is 36.8 Å². The molecular formula is C12H16N2O2. The molecule has 1 aromatic rings. The van der Waals surface area contributed by atoms with Gasteiger partial charge in [-0.1, -0.05) is 6.07 Å². The van der Waals surface area contributed by atoms with Crippen molar-refractivity contribution in [1.82, 2.24) is 5.32 Å². The van der Waals surface area contributed by atoms with E-state index in [9.17, 15) is 4.79 Å². The summed E-state index contributed by atoms with van der Waals surface area (Å²) in [4.78, 5) is 13.1. The Bertz CT molecular complexity index is 392. The topological polar surface area (TPSA) is 52.6 Å². The molecule has 0 radical (unpaired) electrons. The van der Waals surface area contributed by atoms with E-state index >= 15 is 0 Å². The molecule has 0 aliphatic carbocycles. The Hall–Kier alpha value is -1.55. The van der Waals surface area contributed by atoms with Crippen LogP contribution in [0.3, 0.4) is 0 Å². The first kappa shape index (κ1) is 11.0. The van der Waals surface area contributed by atoms with Crippen LogP contribution in [0, 0.1) is 0 Å². The van der Waals surface area contributed by atoms with Crippen LogP contribution in [0.4, 0.5) is 5.69 Å². The number of hydrogen-bond acceptors (Lipinski definition) is 3. The molecule has 1 aromatic carbocycles. The van der Waals surface area contributed by atoms with Gasteiger partial charge in [-0.3, -0.25) is 0 Å². The molecule has 2 rings (SSSR count). The van der Waals surface area contributed by atoms with E-state index in [2.05, 4.69) is 17.1 Å². The molecule has 1 unspecified atom stereocenters. The van der Waals surface area contributed by atoms with E-state index < -0.39 is 5.97 Å². The van der Waals surface area contributed by atoms with Gasteiger partial charge in [0.25, 0.3) is 0 Å². The fraction of sp³-hybridized carbons (Fsp3) is 0.417. The Morgan fingerprint density at radius 2 is 2.38 bits per heavy atom. The highest BCUT2D eigenvalue weighted by Crippen LogP contribution is 2.17. The predicted molar refractivity (Wildman–Crippen MR) is 63.1 cm³/mol. The average molecular weight is 220 g/mol. The molecule has 0 amide bonds. The Kier molecular flexibility index (Phi) is 3.10. The van der Waals surface area contributed by atoms with Gasteiger partial charge in [-0.25, -0.2) is 4.79 Å². The van der Waals surface area contributed by atoms with E-state index in [1.54, 1.807) is 18.2 Å². The molecule has 1 heterocycles. The Morgan fingerprint density at radius 3 is 3.06 bits per heavy atom. The molecule has 1 aliphatic rings. The molecule has 0 aromatic heterocycles. The van der Waals surface area contributed by atoms with Crippen LogP contribution in [0.1, 0.15) is 17.3 Å². The number of carboxylic acid groups (broad SMARTS) is 1. The van der Waals surface area contributed by atoms with Crippen molar-refractivity contribution in [3.8, 4) is 0 Å². The van der Waals surface area contributed by atoms with Gasteiger partial charge < -0.3 is 15.3 Å². The molecule has 1 fully saturated rings. The SMILES string of the molecule is CC1CN(c2cccc(C(=O)O)c2)CCN1. The number of rotatable bonds is 2. The lowest BCUT2D eigenvalue weighted by atomic mass is 10.1. The Balaban J connectivity index is 2.19. The summed E-state index contributed by atoms with van der Waals surface area (Å²) < 4.78 is 0. The number of carbonyl (C=O) groups is 1. The van der Waals surface area contributed by atoms with Crippen LogP contribution >= 0.6 is 0 Å². The van der Waals surface area contributed by atoms with Crippen molar-refractivity contribution < 1.29 is 9.90 Å². The van der Waals surface area contributed by atoms with Crippen LogP contribution in [0.2, 0.25) is 0 Å². The molecule has 1 atom stereocenters. The summed E-state index contributed by atoms with van der Waals surface area (Å²) in [6.07, 6.45) is 0. The van der Waals surface area contributed by atoms with Crippen molar-refractivity contribution in [2.75, 3.05) is 24.5 Å². The van der Waals surface area contributed by atoms with Gasteiger partial charge in [-0.2, -0.15) is 0 Å². The maximum absolute atomic E-state index is 10.9. The lowest BCUT2D eigenvalue weighted by molar-refractivity contribution is 0.0697. The van der Waals surface area contributed by atoms with E-state index in [0.717, 1.165) is 25.3 Å². The van der Waals surface area contributed by atoms with Gasteiger partial charge in [0.2, 0.25) is 0 Å². The zero-order valence-electron chi connectivity index (χ0n) is 9.31. The number of nitrogens with zero attached hydrogens (tertiary/aromatic N) is 1. The van der Waals surface area contributed by atoms with Crippen LogP contribution in [0.5, 0.6) is 0 Å². The zero-order valence-corrected chi connectivity index (χ0v) is 9.31. The molecule has 1 aliphatic heterocycles. The van der Waals surface area contributed by atoms with Crippen molar-refractivity contribution >= 4 is 11.7 Å². The number of nitrogens with one attached hydrogen (secondary N) is 1. The van der Waals surface area contributed by atoms with Crippen LogP contribution in [0.15, 0.2) is 24.3 Å². The summed E-state index contributed by atoms with van der Waals surface area (Å²) in [5.74, 6) is -0.870. The van der Waals surface area contributed by atoms with Crippen LogP contribution in [0.25, 0.3) is 0 Å². The summed E-state index contributed by atoms with van der Waals surface area (Å²) in [5.41, 5.74) is 1.34. The van der Waals surface area contributed by atoms with E-state index in [4.69, 9.17) is 5.11 Å². The molecule has 16 heavy (non-hydrogen) atoms. The lowest BCUT2D eigenvalue weighted by Gasteiger charge is -2.33. The highest BCUT2D eigenvalue weighted by atomic mass is 16.4. The molecule has 86 valence electrons. The monoisotopic (exact) mass is 220 g/mol. The van der Waals surface area contributed by atoms with Crippen molar-refractivity contribution in [3.05, 3.63) is 29.8 Å². The van der Waals surface area contributed by atoms with Crippen molar-refractivity contribution in [3.63, 3.8) is 0 Å². The van der Waals surface area contributed by atoms with Crippen molar-refractivity contribution in [2.24, 2.45) is 0 Å². The molecule has 0 spiro atoms. The highest BCUT2D eigenvalue weighted by Gasteiger charge is 2.16. The number of hydrogen-bond donors (Lipinski definition) is 2. The first-order valence-corrected chi connectivity index (χ1v) is 5.48. The minimum absolute atomic E-state index is 0.351. The third-order valence-electron chi connectivity index (χ3n) is 2.83. The standard InChI is InChI=1S/C12H16N2O2/c1-9-8-14(6-5-13-9)11-4-2-3-10(7-11)12(15)16/h2-4,7,9,13H,5-6,8H2,1H3,(H,15,16). The Morgan fingerprint density at radius 1 is 1.56 bits per heavy atom. The average Bonchev–Trinajstić information content (AvgIpc) is 2.29. The second-order valence-corrected chi connectivity index (χ2v) is 4.16. The lowest BCUT2D eigenvalue weighted by Crippen LogP contribution is -2.49. The second-order valence-electron chi connectivity index (χ2n) is 4.16. The summed E-state index contributed by atoms with van der Waals surface area (Å²) in [7, 11) is 0. The summed E-state index contributed by atoms with van der Waals surface area (Å²) >= 11 is 0. The van der Waals surface area contributed by atoms with Gasteiger partial charge in [0, 0.05) is 31.4 Å². The van der Waals surface area contributed by atoms with Crippen LogP contribution < -0.4 is 10.2 Å². The number of benzene rings is 1. The van der Waals surface area contributed by atoms with E-state index in [-0.39, 0.29) is 0 Å². The molecule has 1 saturated heterocycles. The number of piperazine rings is 1. The first-order chi connectivity index (χ1) is 7.66. The van der Waals surface area contributed by atoms with Gasteiger partial charge in [-0.05, 0) is 25.1 Å². The van der Waals surface area contributed by atoms with E-state index in [1.807, 2.05) is 6.07 Å². The van der Waals surface area contributed by atoms with Gasteiger partial charge in [0.1, 0.15) is 0 Å². The summed E-state index contributed by atoms with van der Waals surface area (Å²) in [6, 6.07) is 7.57. The van der Waals surface area contributed by atoms with Gasteiger partial charge >= 0.3 is 5.97 Å². The fourth-order valence-corrected chi connectivity index (χ4v) is 2.00. The van der Waals surface area contributed by atoms with Gasteiger partial charge in [0.15, 0.2) is 0 Å². The van der Waals surface area contributed by atoms with E-state index in [0.29, 0.717) is 11.6 Å². The number of aromatic carboxylic acids is 1. The molecule has 4 nitrogen and oxygen atoms in total. The van der Waals surface area contributed by atoms with Crippen LogP contribution in [-0.2, 0) is 0 Å². The molecule has 2 N–H and O–H groups in total. The fourth-order valence-electron chi connectivity index (χ4n) is 2.00. The summed E-state index contributed by atoms with van der Waals surface area (Å²) in [5, 5.41) is 12.3. The maximum Gasteiger partial charge on any atom is 0.335 e. The minimum Gasteiger partial charge on any atom is -0.478 e. The molecular weight excluding hydrogens is 204 g/mol. The van der Waals surface area contributed by atoms with E-state index in [1.165, 1.54) is 0 Å². The largest absolute Gasteiger partial charge is 0.478 e. The first-order valence-electron chi connectivity index (χ1n) is 5.48. The third kappa shape index (κ3) is 2.33. The highest BCUT2D eigenvalue weighted by molar-refractivity contribution is 5.88. The van der Waals surface area contributed by atoms with Gasteiger partial charge in [0.05, 0.1) is 5.56 Å². The predicted octanol–water partition coefficient (Wildman–Crippen LogP) is 1.18. The molecule has 0 bridgehead atoms. The summed E-state index contributed by atoms with van der Waals surface area (Å²) in [6.45, 7) is 4.92. The second kappa shape index (κ2) is 4.53. The van der Waals surface area contributed by atoms with Gasteiger partial charge in [-0.15, -0.1) is 0 Å². The normalized spacial score (nSPS) is 20.8. The molecule has 4 heteroatoms. The zero-order chi connectivity index (χ0) is 11.5. The maximum atomic E-state index is 10.9. The van der Waals surface area contributed by atoms with Crippen molar-refractivity contribution in [1.29, 1.82) is 0 Å².